The lowest BCUT2D eigenvalue weighted by Crippen LogP contribution is -2.53. The van der Waals surface area contributed by atoms with Gasteiger partial charge in [-0.3, -0.25) is 29.4 Å². The molecule has 1 saturated heterocycles. The zero-order valence-corrected chi connectivity index (χ0v) is 13.9. The predicted molar refractivity (Wildman–Crippen MR) is 85.3 cm³/mol. The van der Waals surface area contributed by atoms with E-state index >= 15 is 0 Å². The molecule has 1 unspecified atom stereocenters. The second-order valence-corrected chi connectivity index (χ2v) is 5.88. The number of carbonyl (C=O) groups excluding carboxylic acids is 4. The van der Waals surface area contributed by atoms with Crippen LogP contribution in [-0.2, 0) is 14.4 Å². The van der Waals surface area contributed by atoms with Crippen LogP contribution in [0.1, 0.15) is 42.6 Å². The molecule has 0 bridgehead atoms. The van der Waals surface area contributed by atoms with Crippen molar-refractivity contribution >= 4 is 24.1 Å². The quantitative estimate of drug-likeness (QED) is 0.646. The van der Waals surface area contributed by atoms with Crippen molar-refractivity contribution in [2.75, 3.05) is 0 Å². The largest absolute Gasteiger partial charge is 0.491 e. The molecule has 24 heavy (non-hydrogen) atoms. The minimum absolute atomic E-state index is 0.0636. The van der Waals surface area contributed by atoms with E-state index in [0.29, 0.717) is 17.7 Å². The molecule has 7 nitrogen and oxygen atoms in total. The Kier molecular flexibility index (Phi) is 5.33. The molecule has 4 amide bonds. The van der Waals surface area contributed by atoms with Gasteiger partial charge in [-0.2, -0.15) is 0 Å². The zero-order chi connectivity index (χ0) is 17.9. The minimum Gasteiger partial charge on any atom is -0.491 e. The molecule has 0 saturated carbocycles. The molecule has 7 heteroatoms. The summed E-state index contributed by atoms with van der Waals surface area (Å²) in [6.45, 7) is 5.46. The second kappa shape index (κ2) is 7.25. The Labute approximate surface area is 140 Å². The number of hydrogen-bond acceptors (Lipinski definition) is 5. The number of nitrogens with one attached hydrogen (secondary N) is 1. The van der Waals surface area contributed by atoms with Gasteiger partial charge in [0.15, 0.2) is 0 Å². The first kappa shape index (κ1) is 17.7. The first-order chi connectivity index (χ1) is 11.3. The van der Waals surface area contributed by atoms with E-state index in [-0.39, 0.29) is 24.5 Å². The fourth-order valence-corrected chi connectivity index (χ4v) is 2.58. The van der Waals surface area contributed by atoms with Crippen molar-refractivity contribution in [1.82, 2.24) is 10.2 Å². The van der Waals surface area contributed by atoms with Crippen LogP contribution < -0.4 is 10.1 Å². The van der Waals surface area contributed by atoms with Gasteiger partial charge in [0.05, 0.1) is 6.10 Å². The molecule has 1 heterocycles. The fraction of sp³-hybridized carbons (Fsp3) is 0.412. The van der Waals surface area contributed by atoms with Crippen LogP contribution in [0.5, 0.6) is 5.75 Å². The Morgan fingerprint density at radius 3 is 2.67 bits per heavy atom. The summed E-state index contributed by atoms with van der Waals surface area (Å²) in [4.78, 5) is 48.2. The van der Waals surface area contributed by atoms with Crippen molar-refractivity contribution in [2.24, 2.45) is 0 Å². The first-order valence-corrected chi connectivity index (χ1v) is 7.73. The van der Waals surface area contributed by atoms with Gasteiger partial charge in [0, 0.05) is 17.5 Å². The molecule has 1 atom stereocenters. The smallest absolute Gasteiger partial charge is 0.261 e. The van der Waals surface area contributed by atoms with Gasteiger partial charge in [0.1, 0.15) is 11.8 Å². The highest BCUT2D eigenvalue weighted by Crippen LogP contribution is 2.24. The molecular weight excluding hydrogens is 312 g/mol. The lowest BCUT2D eigenvalue weighted by atomic mass is 10.0. The number of hydrogen-bond donors (Lipinski definition) is 1. The van der Waals surface area contributed by atoms with Crippen LogP contribution in [0.15, 0.2) is 18.2 Å². The molecule has 1 N–H and O–H groups in total. The minimum atomic E-state index is -0.984. The van der Waals surface area contributed by atoms with E-state index in [1.165, 1.54) is 0 Å². The number of benzene rings is 1. The molecule has 1 fully saturated rings. The van der Waals surface area contributed by atoms with Crippen LogP contribution >= 0.6 is 0 Å². The van der Waals surface area contributed by atoms with E-state index in [1.54, 1.807) is 25.1 Å². The fourth-order valence-electron chi connectivity index (χ4n) is 2.58. The number of imide groups is 2. The van der Waals surface area contributed by atoms with Crippen molar-refractivity contribution in [2.45, 2.75) is 45.8 Å². The van der Waals surface area contributed by atoms with Crippen LogP contribution in [0.3, 0.4) is 0 Å². The van der Waals surface area contributed by atoms with Crippen molar-refractivity contribution in [3.05, 3.63) is 29.3 Å². The third-order valence-electron chi connectivity index (χ3n) is 3.77. The van der Waals surface area contributed by atoms with E-state index < -0.39 is 23.8 Å². The van der Waals surface area contributed by atoms with Gasteiger partial charge in [-0.15, -0.1) is 0 Å². The first-order valence-electron chi connectivity index (χ1n) is 7.73. The standard InChI is InChI=1S/C17H20N2O5/c1-10(2)24-14-6-4-5-12(11(14)3)17(23)19(9-20)13-7-8-15(21)18-16(13)22/h4-6,9-10,13H,7-8H2,1-3H3,(H,18,21,22). The Bertz CT molecular complexity index is 684. The lowest BCUT2D eigenvalue weighted by Gasteiger charge is -2.29. The van der Waals surface area contributed by atoms with Gasteiger partial charge < -0.3 is 4.74 Å². The van der Waals surface area contributed by atoms with E-state index in [2.05, 4.69) is 5.32 Å². The Balaban J connectivity index is 2.30. The molecule has 1 aliphatic heterocycles. The van der Waals surface area contributed by atoms with Crippen molar-refractivity contribution in [3.8, 4) is 5.75 Å². The molecule has 1 aromatic rings. The zero-order valence-electron chi connectivity index (χ0n) is 13.9. The summed E-state index contributed by atoms with van der Waals surface area (Å²) in [7, 11) is 0. The molecule has 0 spiro atoms. The van der Waals surface area contributed by atoms with Gasteiger partial charge in [0.25, 0.3) is 5.91 Å². The summed E-state index contributed by atoms with van der Waals surface area (Å²) in [5, 5.41) is 2.15. The highest BCUT2D eigenvalue weighted by molar-refractivity contribution is 6.07. The van der Waals surface area contributed by atoms with Crippen LogP contribution in [-0.4, -0.2) is 41.2 Å². The molecule has 128 valence electrons. The Morgan fingerprint density at radius 1 is 1.38 bits per heavy atom. The van der Waals surface area contributed by atoms with Gasteiger partial charge in [-0.1, -0.05) is 6.07 Å². The molecule has 1 aromatic carbocycles. The monoisotopic (exact) mass is 332 g/mol. The van der Waals surface area contributed by atoms with Gasteiger partial charge in [-0.25, -0.2) is 0 Å². The SMILES string of the molecule is Cc1c(OC(C)C)cccc1C(=O)N(C=O)C1CCC(=O)NC1=O. The predicted octanol–water partition coefficient (Wildman–Crippen LogP) is 1.19. The van der Waals surface area contributed by atoms with E-state index in [0.717, 1.165) is 4.90 Å². The number of rotatable bonds is 5. The van der Waals surface area contributed by atoms with E-state index in [1.807, 2.05) is 13.8 Å². The molecule has 0 aliphatic carbocycles. The maximum absolute atomic E-state index is 12.7. The number of piperidine rings is 1. The summed E-state index contributed by atoms with van der Waals surface area (Å²) >= 11 is 0. The van der Waals surface area contributed by atoms with Crippen molar-refractivity contribution in [3.63, 3.8) is 0 Å². The number of carbonyl (C=O) groups is 4. The average molecular weight is 332 g/mol. The number of nitrogens with zero attached hydrogens (tertiary/aromatic N) is 1. The Hall–Kier alpha value is -2.70. The summed E-state index contributed by atoms with van der Waals surface area (Å²) in [5.41, 5.74) is 0.875. The van der Waals surface area contributed by atoms with E-state index in [4.69, 9.17) is 4.74 Å². The van der Waals surface area contributed by atoms with Crippen LogP contribution in [0.4, 0.5) is 0 Å². The second-order valence-electron chi connectivity index (χ2n) is 5.88. The van der Waals surface area contributed by atoms with Gasteiger partial charge in [0.2, 0.25) is 18.2 Å². The van der Waals surface area contributed by atoms with E-state index in [9.17, 15) is 19.2 Å². The third kappa shape index (κ3) is 3.61. The van der Waals surface area contributed by atoms with Crippen molar-refractivity contribution < 1.29 is 23.9 Å². The number of ether oxygens (including phenoxy) is 1. The summed E-state index contributed by atoms with van der Waals surface area (Å²) < 4.78 is 5.65. The van der Waals surface area contributed by atoms with Gasteiger partial charge >= 0.3 is 0 Å². The maximum Gasteiger partial charge on any atom is 0.261 e. The molecule has 0 radical (unpaired) electrons. The summed E-state index contributed by atoms with van der Waals surface area (Å²) in [6.07, 6.45) is 0.476. The highest BCUT2D eigenvalue weighted by atomic mass is 16.5. The average Bonchev–Trinajstić information content (AvgIpc) is 2.51. The third-order valence-corrected chi connectivity index (χ3v) is 3.77. The summed E-state index contributed by atoms with van der Waals surface area (Å²) in [6, 6.07) is 3.99. The number of amides is 4. The molecule has 2 rings (SSSR count). The van der Waals surface area contributed by atoms with Crippen LogP contribution in [0, 0.1) is 6.92 Å². The normalized spacial score (nSPS) is 17.4. The topological polar surface area (TPSA) is 92.8 Å². The van der Waals surface area contributed by atoms with Crippen molar-refractivity contribution in [1.29, 1.82) is 0 Å². The molecular formula is C17H20N2O5. The highest BCUT2D eigenvalue weighted by Gasteiger charge is 2.35. The summed E-state index contributed by atoms with van der Waals surface area (Å²) in [5.74, 6) is -1.09. The Morgan fingerprint density at radius 2 is 2.08 bits per heavy atom. The molecule has 1 aliphatic rings. The van der Waals surface area contributed by atoms with Crippen LogP contribution in [0.2, 0.25) is 0 Å². The maximum atomic E-state index is 12.7. The lowest BCUT2D eigenvalue weighted by molar-refractivity contribution is -0.139. The molecule has 0 aromatic heterocycles. The van der Waals surface area contributed by atoms with Crippen LogP contribution in [0.25, 0.3) is 0 Å². The van der Waals surface area contributed by atoms with Gasteiger partial charge in [-0.05, 0) is 39.3 Å².